The number of rotatable bonds is 3. The van der Waals surface area contributed by atoms with Gasteiger partial charge in [-0.15, -0.1) is 11.3 Å². The van der Waals surface area contributed by atoms with Crippen LogP contribution in [0.1, 0.15) is 53.5 Å². The summed E-state index contributed by atoms with van der Waals surface area (Å²) in [4.78, 5) is 27.3. The van der Waals surface area contributed by atoms with Gasteiger partial charge in [0.25, 0.3) is 0 Å². The fourth-order valence-electron chi connectivity index (χ4n) is 4.51. The first kappa shape index (κ1) is 19.8. The molecule has 3 aromatic rings. The Morgan fingerprint density at radius 3 is 2.52 bits per heavy atom. The second-order valence-corrected chi connectivity index (χ2v) is 9.99. The highest BCUT2D eigenvalue weighted by Crippen LogP contribution is 2.46. The molecular weight excluding hydrogens is 404 g/mol. The van der Waals surface area contributed by atoms with Gasteiger partial charge in [-0.2, -0.15) is 0 Å². The summed E-state index contributed by atoms with van der Waals surface area (Å²) >= 11 is 1.65. The van der Waals surface area contributed by atoms with Crippen LogP contribution < -0.4 is 10.6 Å². The Kier molecular flexibility index (Phi) is 4.78. The molecule has 0 radical (unpaired) electrons. The van der Waals surface area contributed by atoms with Gasteiger partial charge >= 0.3 is 0 Å². The Balaban J connectivity index is 1.60. The number of hydrogen-bond acceptors (Lipinski definition) is 5. The molecule has 1 aliphatic carbocycles. The lowest BCUT2D eigenvalue weighted by Gasteiger charge is -2.33. The smallest absolute Gasteiger partial charge is 0.193 e. The monoisotopic (exact) mass is 428 g/mol. The van der Waals surface area contributed by atoms with Gasteiger partial charge in [0.15, 0.2) is 11.6 Å². The lowest BCUT2D eigenvalue weighted by Crippen LogP contribution is -2.31. The Morgan fingerprint density at radius 2 is 1.77 bits per heavy atom. The van der Waals surface area contributed by atoms with Gasteiger partial charge in [-0.25, -0.2) is 0 Å². The summed E-state index contributed by atoms with van der Waals surface area (Å²) in [6.45, 7) is 4.26. The first-order valence-electron chi connectivity index (χ1n) is 10.5. The summed E-state index contributed by atoms with van der Waals surface area (Å²) in [5, 5.41) is 9.15. The van der Waals surface area contributed by atoms with Crippen LogP contribution in [0.4, 0.5) is 11.4 Å². The molecule has 0 saturated carbocycles. The number of carbonyl (C=O) groups is 2. The molecule has 0 fully saturated rings. The number of benzene rings is 2. The molecular formula is C26H24N2O2S. The molecule has 4 nitrogen and oxygen atoms in total. The van der Waals surface area contributed by atoms with Crippen molar-refractivity contribution in [2.45, 2.75) is 32.7 Å². The van der Waals surface area contributed by atoms with Gasteiger partial charge in [-0.1, -0.05) is 50.2 Å². The predicted molar refractivity (Wildman–Crippen MR) is 126 cm³/mol. The molecule has 5 heteroatoms. The van der Waals surface area contributed by atoms with E-state index in [0.29, 0.717) is 17.5 Å². The van der Waals surface area contributed by atoms with Crippen LogP contribution in [0.3, 0.4) is 0 Å². The van der Waals surface area contributed by atoms with Gasteiger partial charge in [0.1, 0.15) is 0 Å². The van der Waals surface area contributed by atoms with Gasteiger partial charge in [-0.05, 0) is 41.5 Å². The summed E-state index contributed by atoms with van der Waals surface area (Å²) < 4.78 is 0. The van der Waals surface area contributed by atoms with Crippen LogP contribution in [-0.4, -0.2) is 11.6 Å². The number of Topliss-reactive ketones (excluding diaryl/α,β-unsaturated/α-hetero) is 1. The molecule has 2 heterocycles. The minimum atomic E-state index is -0.192. The summed E-state index contributed by atoms with van der Waals surface area (Å²) in [6.07, 6.45) is 1.32. The third-order valence-electron chi connectivity index (χ3n) is 5.94. The normalized spacial score (nSPS) is 19.5. The molecule has 5 rings (SSSR count). The van der Waals surface area contributed by atoms with Crippen LogP contribution in [0.2, 0.25) is 0 Å². The summed E-state index contributed by atoms with van der Waals surface area (Å²) in [6, 6.07) is 18.9. The summed E-state index contributed by atoms with van der Waals surface area (Å²) in [7, 11) is 0. The van der Waals surface area contributed by atoms with E-state index in [9.17, 15) is 9.59 Å². The second kappa shape index (κ2) is 7.50. The summed E-state index contributed by atoms with van der Waals surface area (Å²) in [5.74, 6) is 0.163. The van der Waals surface area contributed by atoms with Crippen LogP contribution in [-0.2, 0) is 4.79 Å². The van der Waals surface area contributed by atoms with Crippen LogP contribution in [0.25, 0.3) is 0 Å². The third kappa shape index (κ3) is 3.70. The number of nitrogens with one attached hydrogen (secondary N) is 2. The highest BCUT2D eigenvalue weighted by atomic mass is 32.1. The molecule has 0 amide bonds. The molecule has 31 heavy (non-hydrogen) atoms. The van der Waals surface area contributed by atoms with E-state index in [1.165, 1.54) is 0 Å². The first-order valence-corrected chi connectivity index (χ1v) is 11.4. The van der Waals surface area contributed by atoms with Crippen LogP contribution in [0, 0.1) is 5.41 Å². The van der Waals surface area contributed by atoms with E-state index in [1.807, 2.05) is 60.0 Å². The minimum Gasteiger partial charge on any atom is -0.372 e. The highest BCUT2D eigenvalue weighted by molar-refractivity contribution is 7.10. The molecule has 1 atom stereocenters. The maximum absolute atomic E-state index is 13.2. The van der Waals surface area contributed by atoms with Crippen molar-refractivity contribution in [1.82, 2.24) is 0 Å². The molecule has 156 valence electrons. The number of hydrogen-bond donors (Lipinski definition) is 2. The Labute approximate surface area is 186 Å². The SMILES string of the molecule is CC1(C)CC(=O)C2=C(C1)Nc1cc(C(=O)c3ccccc3)ccc1N[C@H]2c1cccs1. The fraction of sp³-hybridized carbons (Fsp3) is 0.231. The molecule has 0 spiro atoms. The quantitative estimate of drug-likeness (QED) is 0.488. The third-order valence-corrected chi connectivity index (χ3v) is 6.88. The van der Waals surface area contributed by atoms with E-state index >= 15 is 0 Å². The number of anilines is 2. The standard InChI is InChI=1S/C26H24N2O2S/c1-26(2)14-20-23(21(29)15-26)24(22-9-6-12-31-22)28-18-11-10-17(13-19(18)27-20)25(30)16-7-4-3-5-8-16/h3-13,24,27-28H,14-15H2,1-2H3/t24-/m0/s1. The number of fused-ring (bicyclic) bond motifs is 1. The predicted octanol–water partition coefficient (Wildman–Crippen LogP) is 6.20. The Morgan fingerprint density at radius 1 is 0.968 bits per heavy atom. The lowest BCUT2D eigenvalue weighted by atomic mass is 9.74. The van der Waals surface area contributed by atoms with Crippen molar-refractivity contribution < 1.29 is 9.59 Å². The maximum atomic E-state index is 13.2. The molecule has 2 N–H and O–H groups in total. The van der Waals surface area contributed by atoms with Crippen molar-refractivity contribution in [1.29, 1.82) is 0 Å². The molecule has 0 bridgehead atoms. The van der Waals surface area contributed by atoms with Crippen molar-refractivity contribution in [3.05, 3.63) is 93.3 Å². The van der Waals surface area contributed by atoms with Crippen LogP contribution >= 0.6 is 11.3 Å². The average Bonchev–Trinajstić information content (AvgIpc) is 3.22. The minimum absolute atomic E-state index is 0.0153. The fourth-order valence-corrected chi connectivity index (χ4v) is 5.30. The van der Waals surface area contributed by atoms with Crippen molar-refractivity contribution in [2.75, 3.05) is 10.6 Å². The molecule has 1 aliphatic heterocycles. The van der Waals surface area contributed by atoms with Crippen LogP contribution in [0.5, 0.6) is 0 Å². The van der Waals surface area contributed by atoms with Gasteiger partial charge in [0.05, 0.1) is 17.4 Å². The number of ketones is 2. The number of carbonyl (C=O) groups excluding carboxylic acids is 2. The van der Waals surface area contributed by atoms with Crippen molar-refractivity contribution >= 4 is 34.3 Å². The van der Waals surface area contributed by atoms with E-state index in [0.717, 1.165) is 33.9 Å². The number of allylic oxidation sites excluding steroid dienone is 1. The van der Waals surface area contributed by atoms with Crippen molar-refractivity contribution in [3.8, 4) is 0 Å². The van der Waals surface area contributed by atoms with Gasteiger partial charge in [-0.3, -0.25) is 9.59 Å². The van der Waals surface area contributed by atoms with E-state index in [2.05, 4.69) is 30.5 Å². The number of thiophene rings is 1. The molecule has 2 aromatic carbocycles. The highest BCUT2D eigenvalue weighted by Gasteiger charge is 2.39. The van der Waals surface area contributed by atoms with Gasteiger partial charge in [0, 0.05) is 33.7 Å². The Bertz CT molecular complexity index is 1190. The first-order chi connectivity index (χ1) is 14.9. The zero-order valence-corrected chi connectivity index (χ0v) is 18.4. The zero-order chi connectivity index (χ0) is 21.6. The van der Waals surface area contributed by atoms with Gasteiger partial charge < -0.3 is 10.6 Å². The molecule has 2 aliphatic rings. The second-order valence-electron chi connectivity index (χ2n) is 9.01. The van der Waals surface area contributed by atoms with Crippen molar-refractivity contribution in [2.24, 2.45) is 5.41 Å². The van der Waals surface area contributed by atoms with Gasteiger partial charge in [0.2, 0.25) is 0 Å². The molecule has 0 unspecified atom stereocenters. The van der Waals surface area contributed by atoms with E-state index < -0.39 is 0 Å². The van der Waals surface area contributed by atoms with E-state index in [1.54, 1.807) is 11.3 Å². The average molecular weight is 429 g/mol. The Hall–Kier alpha value is -3.18. The van der Waals surface area contributed by atoms with Crippen molar-refractivity contribution in [3.63, 3.8) is 0 Å². The summed E-state index contributed by atoms with van der Waals surface area (Å²) in [5.41, 5.74) is 4.67. The lowest BCUT2D eigenvalue weighted by molar-refractivity contribution is -0.118. The largest absolute Gasteiger partial charge is 0.372 e. The van der Waals surface area contributed by atoms with Crippen LogP contribution in [0.15, 0.2) is 77.3 Å². The topological polar surface area (TPSA) is 58.2 Å². The zero-order valence-electron chi connectivity index (χ0n) is 17.6. The van der Waals surface area contributed by atoms with E-state index in [4.69, 9.17) is 0 Å². The molecule has 1 aromatic heterocycles. The van der Waals surface area contributed by atoms with E-state index in [-0.39, 0.29) is 23.0 Å². The molecule has 0 saturated heterocycles. The maximum Gasteiger partial charge on any atom is 0.193 e.